The Hall–Kier alpha value is -2.42. The average molecular weight is 278 g/mol. The SMILES string of the molecule is CCCCc1cnc(-c2ccc3cc(O)ccc3c2)nc1. The van der Waals surface area contributed by atoms with E-state index < -0.39 is 0 Å². The summed E-state index contributed by atoms with van der Waals surface area (Å²) in [4.78, 5) is 8.93. The molecule has 3 aromatic rings. The Bertz CT molecular complexity index is 751. The smallest absolute Gasteiger partial charge is 0.159 e. The van der Waals surface area contributed by atoms with Crippen LogP contribution in [0.15, 0.2) is 48.8 Å². The Morgan fingerprint density at radius 2 is 1.67 bits per heavy atom. The summed E-state index contributed by atoms with van der Waals surface area (Å²) in [6.07, 6.45) is 7.22. The molecule has 0 unspecified atom stereocenters. The van der Waals surface area contributed by atoms with Crippen LogP contribution in [0.5, 0.6) is 5.75 Å². The molecular formula is C18H18N2O. The Balaban J connectivity index is 1.91. The molecule has 3 heteroatoms. The van der Waals surface area contributed by atoms with Crippen molar-refractivity contribution in [2.45, 2.75) is 26.2 Å². The quantitative estimate of drug-likeness (QED) is 0.772. The molecule has 0 saturated carbocycles. The highest BCUT2D eigenvalue weighted by molar-refractivity contribution is 5.87. The molecule has 0 aliphatic carbocycles. The van der Waals surface area contributed by atoms with E-state index in [0.717, 1.165) is 28.6 Å². The van der Waals surface area contributed by atoms with Gasteiger partial charge in [0.1, 0.15) is 5.75 Å². The van der Waals surface area contributed by atoms with E-state index in [9.17, 15) is 5.11 Å². The second-order valence-electron chi connectivity index (χ2n) is 5.26. The number of fused-ring (bicyclic) bond motifs is 1. The normalized spacial score (nSPS) is 10.9. The molecule has 1 aromatic heterocycles. The van der Waals surface area contributed by atoms with Crippen LogP contribution in [-0.2, 0) is 6.42 Å². The zero-order chi connectivity index (χ0) is 14.7. The summed E-state index contributed by atoms with van der Waals surface area (Å²) in [5, 5.41) is 11.6. The molecule has 1 N–H and O–H groups in total. The fourth-order valence-electron chi connectivity index (χ4n) is 2.39. The van der Waals surface area contributed by atoms with Crippen molar-refractivity contribution in [3.05, 3.63) is 54.4 Å². The van der Waals surface area contributed by atoms with Gasteiger partial charge in [-0.3, -0.25) is 0 Å². The Morgan fingerprint density at radius 3 is 2.43 bits per heavy atom. The van der Waals surface area contributed by atoms with Crippen LogP contribution in [0.3, 0.4) is 0 Å². The third-order valence-corrected chi connectivity index (χ3v) is 3.61. The van der Waals surface area contributed by atoms with E-state index >= 15 is 0 Å². The molecule has 0 spiro atoms. The summed E-state index contributed by atoms with van der Waals surface area (Å²) in [7, 11) is 0. The zero-order valence-electron chi connectivity index (χ0n) is 12.1. The molecule has 0 saturated heterocycles. The van der Waals surface area contributed by atoms with Gasteiger partial charge in [-0.25, -0.2) is 9.97 Å². The summed E-state index contributed by atoms with van der Waals surface area (Å²) >= 11 is 0. The predicted octanol–water partition coefficient (Wildman–Crippen LogP) is 4.35. The van der Waals surface area contributed by atoms with Gasteiger partial charge in [-0.2, -0.15) is 0 Å². The lowest BCUT2D eigenvalue weighted by molar-refractivity contribution is 0.476. The summed E-state index contributed by atoms with van der Waals surface area (Å²) < 4.78 is 0. The molecule has 0 bridgehead atoms. The predicted molar refractivity (Wildman–Crippen MR) is 85.3 cm³/mol. The minimum absolute atomic E-state index is 0.284. The fourth-order valence-corrected chi connectivity index (χ4v) is 2.39. The summed E-state index contributed by atoms with van der Waals surface area (Å²) in [5.41, 5.74) is 2.18. The van der Waals surface area contributed by atoms with E-state index in [0.29, 0.717) is 0 Å². The monoisotopic (exact) mass is 278 g/mol. The van der Waals surface area contributed by atoms with Crippen molar-refractivity contribution in [3.63, 3.8) is 0 Å². The molecule has 3 rings (SSSR count). The van der Waals surface area contributed by atoms with Gasteiger partial charge in [0.05, 0.1) is 0 Å². The first-order valence-electron chi connectivity index (χ1n) is 7.30. The molecule has 2 aromatic carbocycles. The first-order chi connectivity index (χ1) is 10.3. The summed E-state index contributed by atoms with van der Waals surface area (Å²) in [5.74, 6) is 1.03. The lowest BCUT2D eigenvalue weighted by Gasteiger charge is -2.04. The van der Waals surface area contributed by atoms with E-state index in [1.165, 1.54) is 18.4 Å². The maximum Gasteiger partial charge on any atom is 0.159 e. The Morgan fingerprint density at radius 1 is 0.952 bits per heavy atom. The largest absolute Gasteiger partial charge is 0.508 e. The number of nitrogens with zero attached hydrogens (tertiary/aromatic N) is 2. The van der Waals surface area contributed by atoms with Crippen molar-refractivity contribution in [2.75, 3.05) is 0 Å². The van der Waals surface area contributed by atoms with Crippen LogP contribution < -0.4 is 0 Å². The molecule has 0 radical (unpaired) electrons. The molecule has 0 aliphatic heterocycles. The number of phenolic OH excluding ortho intramolecular Hbond substituents is 1. The third kappa shape index (κ3) is 3.02. The zero-order valence-corrected chi connectivity index (χ0v) is 12.1. The highest BCUT2D eigenvalue weighted by Crippen LogP contribution is 2.24. The minimum atomic E-state index is 0.284. The van der Waals surface area contributed by atoms with Crippen LogP contribution in [0.2, 0.25) is 0 Å². The Labute approximate surface area is 124 Å². The molecule has 21 heavy (non-hydrogen) atoms. The van der Waals surface area contributed by atoms with E-state index in [2.05, 4.69) is 23.0 Å². The Kier molecular flexibility index (Phi) is 3.82. The maximum absolute atomic E-state index is 9.49. The van der Waals surface area contributed by atoms with Gasteiger partial charge in [0, 0.05) is 18.0 Å². The number of phenols is 1. The number of rotatable bonds is 4. The number of aromatic nitrogens is 2. The van der Waals surface area contributed by atoms with Gasteiger partial charge in [-0.1, -0.05) is 31.5 Å². The van der Waals surface area contributed by atoms with Crippen LogP contribution in [0, 0.1) is 0 Å². The number of hydrogen-bond acceptors (Lipinski definition) is 3. The minimum Gasteiger partial charge on any atom is -0.508 e. The third-order valence-electron chi connectivity index (χ3n) is 3.61. The van der Waals surface area contributed by atoms with Crippen molar-refractivity contribution in [2.24, 2.45) is 0 Å². The van der Waals surface area contributed by atoms with Gasteiger partial charge >= 0.3 is 0 Å². The first kappa shape index (κ1) is 13.6. The van der Waals surface area contributed by atoms with Crippen molar-refractivity contribution < 1.29 is 5.11 Å². The molecule has 1 heterocycles. The lowest BCUT2D eigenvalue weighted by Crippen LogP contribution is -1.93. The van der Waals surface area contributed by atoms with Crippen LogP contribution in [0.1, 0.15) is 25.3 Å². The van der Waals surface area contributed by atoms with E-state index in [-0.39, 0.29) is 5.75 Å². The average Bonchev–Trinajstić information content (AvgIpc) is 2.53. The van der Waals surface area contributed by atoms with Gasteiger partial charge in [0.2, 0.25) is 0 Å². The molecule has 0 aliphatic rings. The molecule has 0 fully saturated rings. The standard InChI is InChI=1S/C18H18N2O/c1-2-3-4-13-11-19-18(20-12-13)16-6-5-15-10-17(21)8-7-14(15)9-16/h5-12,21H,2-4H2,1H3. The highest BCUT2D eigenvalue weighted by atomic mass is 16.3. The van der Waals surface area contributed by atoms with Gasteiger partial charge < -0.3 is 5.11 Å². The molecule has 0 amide bonds. The first-order valence-corrected chi connectivity index (χ1v) is 7.30. The van der Waals surface area contributed by atoms with Crippen molar-refractivity contribution in [1.29, 1.82) is 0 Å². The number of unbranched alkanes of at least 4 members (excludes halogenated alkanes) is 1. The molecular weight excluding hydrogens is 260 g/mol. The van der Waals surface area contributed by atoms with Gasteiger partial charge in [0.25, 0.3) is 0 Å². The molecule has 0 atom stereocenters. The van der Waals surface area contributed by atoms with Gasteiger partial charge in [-0.05, 0) is 47.4 Å². The van der Waals surface area contributed by atoms with Crippen LogP contribution >= 0.6 is 0 Å². The second-order valence-corrected chi connectivity index (χ2v) is 5.26. The van der Waals surface area contributed by atoms with E-state index in [1.807, 2.05) is 30.6 Å². The summed E-state index contributed by atoms with van der Waals surface area (Å²) in [6, 6.07) is 11.4. The van der Waals surface area contributed by atoms with Gasteiger partial charge in [-0.15, -0.1) is 0 Å². The number of benzene rings is 2. The topological polar surface area (TPSA) is 46.0 Å². The van der Waals surface area contributed by atoms with Crippen molar-refractivity contribution in [1.82, 2.24) is 9.97 Å². The van der Waals surface area contributed by atoms with Gasteiger partial charge in [0.15, 0.2) is 5.82 Å². The van der Waals surface area contributed by atoms with Crippen molar-refractivity contribution >= 4 is 10.8 Å². The van der Waals surface area contributed by atoms with Crippen LogP contribution in [0.25, 0.3) is 22.2 Å². The maximum atomic E-state index is 9.49. The van der Waals surface area contributed by atoms with Crippen LogP contribution in [0.4, 0.5) is 0 Å². The van der Waals surface area contributed by atoms with E-state index in [1.54, 1.807) is 12.1 Å². The van der Waals surface area contributed by atoms with Crippen LogP contribution in [-0.4, -0.2) is 15.1 Å². The van der Waals surface area contributed by atoms with E-state index in [4.69, 9.17) is 0 Å². The molecule has 106 valence electrons. The van der Waals surface area contributed by atoms with Crippen molar-refractivity contribution in [3.8, 4) is 17.1 Å². The number of aromatic hydroxyl groups is 1. The number of aryl methyl sites for hydroxylation is 1. The molecule has 3 nitrogen and oxygen atoms in total. The highest BCUT2D eigenvalue weighted by Gasteiger charge is 2.04. The lowest BCUT2D eigenvalue weighted by atomic mass is 10.1. The fraction of sp³-hybridized carbons (Fsp3) is 0.222. The second kappa shape index (κ2) is 5.92. The number of hydrogen-bond donors (Lipinski definition) is 1. The summed E-state index contributed by atoms with van der Waals surface area (Å²) in [6.45, 7) is 2.18.